The Hall–Kier alpha value is -2.43. The molecule has 0 radical (unpaired) electrons. The molecule has 0 saturated carbocycles. The van der Waals surface area contributed by atoms with Crippen LogP contribution in [-0.2, 0) is 11.3 Å². The van der Waals surface area contributed by atoms with Crippen molar-refractivity contribution >= 4 is 16.7 Å². The van der Waals surface area contributed by atoms with E-state index in [1.54, 1.807) is 12.1 Å². The van der Waals surface area contributed by atoms with Gasteiger partial charge in [-0.1, -0.05) is 0 Å². The summed E-state index contributed by atoms with van der Waals surface area (Å²) in [6.07, 6.45) is 0. The number of carbonyl (C=O) groups excluding carboxylic acids is 1. The summed E-state index contributed by atoms with van der Waals surface area (Å²) in [6.45, 7) is 1.98. The first-order valence-electron chi connectivity index (χ1n) is 6.15. The molecule has 104 valence electrons. The van der Waals surface area contributed by atoms with E-state index in [1.807, 2.05) is 6.92 Å². The number of hydrogen-bond donors (Lipinski definition) is 1. The molecule has 0 saturated heterocycles. The van der Waals surface area contributed by atoms with Crippen molar-refractivity contribution in [3.8, 4) is 17.2 Å². The molecule has 3 rings (SSSR count). The Kier molecular flexibility index (Phi) is 2.71. The summed E-state index contributed by atoms with van der Waals surface area (Å²) < 4.78 is 15.7. The van der Waals surface area contributed by atoms with Crippen LogP contribution < -0.4 is 9.47 Å². The number of ether oxygens (including phenoxy) is 3. The van der Waals surface area contributed by atoms with E-state index in [0.717, 1.165) is 11.1 Å². The van der Waals surface area contributed by atoms with Crippen molar-refractivity contribution in [3.63, 3.8) is 0 Å². The van der Waals surface area contributed by atoms with Gasteiger partial charge in [0.1, 0.15) is 29.4 Å². The first kappa shape index (κ1) is 12.6. The zero-order valence-electron chi connectivity index (χ0n) is 11.4. The summed E-state index contributed by atoms with van der Waals surface area (Å²) in [7, 11) is 3.01. The molecule has 20 heavy (non-hydrogen) atoms. The molecule has 1 heterocycles. The van der Waals surface area contributed by atoms with E-state index in [2.05, 4.69) is 0 Å². The van der Waals surface area contributed by atoms with Crippen molar-refractivity contribution in [1.82, 2.24) is 0 Å². The first-order valence-corrected chi connectivity index (χ1v) is 6.15. The number of aromatic hydroxyl groups is 1. The molecule has 0 aliphatic carbocycles. The normalized spacial score (nSPS) is 13.2. The van der Waals surface area contributed by atoms with Crippen molar-refractivity contribution < 1.29 is 24.1 Å². The Morgan fingerprint density at radius 3 is 2.50 bits per heavy atom. The van der Waals surface area contributed by atoms with Crippen LogP contribution in [0.4, 0.5) is 0 Å². The highest BCUT2D eigenvalue weighted by atomic mass is 16.5. The summed E-state index contributed by atoms with van der Waals surface area (Å²) in [4.78, 5) is 12.0. The zero-order valence-corrected chi connectivity index (χ0v) is 11.4. The van der Waals surface area contributed by atoms with Gasteiger partial charge in [0.2, 0.25) is 0 Å². The Balaban J connectivity index is 2.57. The minimum atomic E-state index is -0.452. The molecule has 5 nitrogen and oxygen atoms in total. The van der Waals surface area contributed by atoms with Gasteiger partial charge in [0.05, 0.1) is 14.2 Å². The van der Waals surface area contributed by atoms with Gasteiger partial charge in [-0.15, -0.1) is 0 Å². The second-order valence-electron chi connectivity index (χ2n) is 4.67. The maximum absolute atomic E-state index is 12.0. The number of phenols is 1. The van der Waals surface area contributed by atoms with Crippen LogP contribution in [0.1, 0.15) is 21.5 Å². The summed E-state index contributed by atoms with van der Waals surface area (Å²) in [5, 5.41) is 11.5. The SMILES string of the molecule is COc1cc(O)c2c(C)cc(OC)c3c2c1COC3=O. The highest BCUT2D eigenvalue weighted by Crippen LogP contribution is 2.44. The molecule has 0 fully saturated rings. The molecule has 1 N–H and O–H groups in total. The third-order valence-electron chi connectivity index (χ3n) is 3.60. The van der Waals surface area contributed by atoms with Crippen molar-refractivity contribution in [3.05, 3.63) is 28.8 Å². The lowest BCUT2D eigenvalue weighted by molar-refractivity contribution is 0.0456. The Bertz CT molecular complexity index is 725. The van der Waals surface area contributed by atoms with Crippen LogP contribution in [0.5, 0.6) is 17.2 Å². The molecule has 0 amide bonds. The smallest absolute Gasteiger partial charge is 0.342 e. The van der Waals surface area contributed by atoms with Crippen LogP contribution in [0, 0.1) is 6.92 Å². The van der Waals surface area contributed by atoms with Crippen molar-refractivity contribution in [2.24, 2.45) is 0 Å². The minimum absolute atomic E-state index is 0.0803. The zero-order chi connectivity index (χ0) is 14.4. The van der Waals surface area contributed by atoms with Gasteiger partial charge in [0.25, 0.3) is 0 Å². The minimum Gasteiger partial charge on any atom is -0.507 e. The largest absolute Gasteiger partial charge is 0.507 e. The standard InChI is InChI=1S/C15H14O5/c1-7-4-11(19-3)14-13-8(6-20-15(14)17)10(18-2)5-9(16)12(7)13/h4-5,16H,6H2,1-3H3. The van der Waals surface area contributed by atoms with E-state index in [0.29, 0.717) is 27.8 Å². The average Bonchev–Trinajstić information content (AvgIpc) is 2.44. The molecule has 1 aliphatic rings. The van der Waals surface area contributed by atoms with Crippen LogP contribution >= 0.6 is 0 Å². The maximum Gasteiger partial charge on any atom is 0.342 e. The number of rotatable bonds is 2. The quantitative estimate of drug-likeness (QED) is 0.852. The number of hydrogen-bond acceptors (Lipinski definition) is 5. The second-order valence-corrected chi connectivity index (χ2v) is 4.67. The number of benzene rings is 2. The van der Waals surface area contributed by atoms with Crippen molar-refractivity contribution in [2.75, 3.05) is 14.2 Å². The third kappa shape index (κ3) is 1.52. The van der Waals surface area contributed by atoms with E-state index in [9.17, 15) is 9.90 Å². The van der Waals surface area contributed by atoms with E-state index in [-0.39, 0.29) is 12.4 Å². The van der Waals surface area contributed by atoms with Gasteiger partial charge in [-0.2, -0.15) is 0 Å². The lowest BCUT2D eigenvalue weighted by Gasteiger charge is -2.23. The van der Waals surface area contributed by atoms with E-state index < -0.39 is 5.97 Å². The van der Waals surface area contributed by atoms with Gasteiger partial charge >= 0.3 is 5.97 Å². The molecule has 0 aromatic heterocycles. The lowest BCUT2D eigenvalue weighted by atomic mass is 9.92. The number of carbonyl (C=O) groups is 1. The van der Waals surface area contributed by atoms with Crippen molar-refractivity contribution in [1.29, 1.82) is 0 Å². The summed E-state index contributed by atoms with van der Waals surface area (Å²) in [5.41, 5.74) is 1.91. The van der Waals surface area contributed by atoms with Crippen molar-refractivity contribution in [2.45, 2.75) is 13.5 Å². The topological polar surface area (TPSA) is 65.0 Å². The Labute approximate surface area is 115 Å². The molecule has 0 spiro atoms. The maximum atomic E-state index is 12.0. The molecule has 0 bridgehead atoms. The number of esters is 1. The molecule has 2 aromatic carbocycles. The van der Waals surface area contributed by atoms with Gasteiger partial charge in [-0.25, -0.2) is 4.79 Å². The number of phenolic OH excluding ortho intramolecular Hbond substituents is 1. The summed E-state index contributed by atoms with van der Waals surface area (Å²) >= 11 is 0. The lowest BCUT2D eigenvalue weighted by Crippen LogP contribution is -2.15. The predicted octanol–water partition coefficient (Wildman–Crippen LogP) is 2.54. The van der Waals surface area contributed by atoms with Crippen LogP contribution in [-0.4, -0.2) is 25.3 Å². The van der Waals surface area contributed by atoms with Gasteiger partial charge in [-0.05, 0) is 18.6 Å². The molecule has 5 heteroatoms. The fourth-order valence-electron chi connectivity index (χ4n) is 2.72. The fraction of sp³-hybridized carbons (Fsp3) is 0.267. The number of methoxy groups -OCH3 is 2. The molecule has 1 aliphatic heterocycles. The second kappa shape index (κ2) is 4.30. The van der Waals surface area contributed by atoms with Gasteiger partial charge in [0, 0.05) is 22.4 Å². The number of aryl methyl sites for hydroxylation is 1. The van der Waals surface area contributed by atoms with Gasteiger partial charge in [-0.3, -0.25) is 0 Å². The van der Waals surface area contributed by atoms with Crippen LogP contribution in [0.15, 0.2) is 12.1 Å². The Morgan fingerprint density at radius 2 is 1.85 bits per heavy atom. The molecule has 0 atom stereocenters. The molecule has 2 aromatic rings. The predicted molar refractivity (Wildman–Crippen MR) is 72.6 cm³/mol. The van der Waals surface area contributed by atoms with Gasteiger partial charge < -0.3 is 19.3 Å². The monoisotopic (exact) mass is 274 g/mol. The Morgan fingerprint density at radius 1 is 1.15 bits per heavy atom. The van der Waals surface area contributed by atoms with Crippen LogP contribution in [0.3, 0.4) is 0 Å². The summed E-state index contributed by atoms with van der Waals surface area (Å²) in [5.74, 6) is 0.564. The number of cyclic esters (lactones) is 1. The third-order valence-corrected chi connectivity index (χ3v) is 3.60. The fourth-order valence-corrected chi connectivity index (χ4v) is 2.72. The molecule has 0 unspecified atom stereocenters. The molecular formula is C15H14O5. The highest BCUT2D eigenvalue weighted by molar-refractivity contribution is 6.12. The van der Waals surface area contributed by atoms with E-state index >= 15 is 0 Å². The van der Waals surface area contributed by atoms with Crippen LogP contribution in [0.25, 0.3) is 10.8 Å². The highest BCUT2D eigenvalue weighted by Gasteiger charge is 2.29. The average molecular weight is 274 g/mol. The van der Waals surface area contributed by atoms with E-state index in [4.69, 9.17) is 14.2 Å². The summed E-state index contributed by atoms with van der Waals surface area (Å²) in [6, 6.07) is 3.26. The van der Waals surface area contributed by atoms with Gasteiger partial charge in [0.15, 0.2) is 0 Å². The van der Waals surface area contributed by atoms with Crippen LogP contribution in [0.2, 0.25) is 0 Å². The first-order chi connectivity index (χ1) is 9.58. The van der Waals surface area contributed by atoms with E-state index in [1.165, 1.54) is 14.2 Å². The molecular weight excluding hydrogens is 260 g/mol.